The summed E-state index contributed by atoms with van der Waals surface area (Å²) in [6, 6.07) is 5.03. The van der Waals surface area contributed by atoms with Crippen LogP contribution in [0.1, 0.15) is 38.3 Å². The minimum atomic E-state index is -0.152. The van der Waals surface area contributed by atoms with Gasteiger partial charge < -0.3 is 5.32 Å². The van der Waals surface area contributed by atoms with E-state index in [9.17, 15) is 4.39 Å². The topological polar surface area (TPSA) is 12.0 Å². The summed E-state index contributed by atoms with van der Waals surface area (Å²) in [6.45, 7) is 10.6. The van der Waals surface area contributed by atoms with E-state index in [1.807, 2.05) is 13.0 Å². The summed E-state index contributed by atoms with van der Waals surface area (Å²) in [4.78, 5) is 0. The van der Waals surface area contributed by atoms with Crippen molar-refractivity contribution in [2.45, 2.75) is 40.5 Å². The first-order valence-corrected chi connectivity index (χ1v) is 7.10. The zero-order valence-electron chi connectivity index (χ0n) is 12.6. The van der Waals surface area contributed by atoms with Crippen LogP contribution in [0, 0.1) is 18.7 Å². The monoisotopic (exact) mass is 263 g/mol. The number of benzene rings is 1. The Bertz CT molecular complexity index is 421. The molecule has 1 N–H and O–H groups in total. The van der Waals surface area contributed by atoms with Crippen LogP contribution in [0.4, 0.5) is 4.39 Å². The molecule has 0 atom stereocenters. The Morgan fingerprint density at radius 3 is 2.74 bits per heavy atom. The minimum Gasteiger partial charge on any atom is -0.316 e. The molecule has 0 fully saturated rings. The standard InChI is InChI=1S/C17H26FN/c1-13(2)12-19-9-5-6-14(3)10-16-7-8-17(18)11-15(16)4/h6-8,11,13,19H,5,9-10,12H2,1-4H3/b14-6-. The van der Waals surface area contributed by atoms with Gasteiger partial charge in [-0.1, -0.05) is 31.6 Å². The van der Waals surface area contributed by atoms with E-state index >= 15 is 0 Å². The third-order valence-electron chi connectivity index (χ3n) is 3.14. The zero-order chi connectivity index (χ0) is 14.3. The second-order valence-electron chi connectivity index (χ2n) is 5.68. The van der Waals surface area contributed by atoms with E-state index in [1.54, 1.807) is 12.1 Å². The molecule has 0 aliphatic carbocycles. The number of allylic oxidation sites excluding steroid dienone is 1. The molecule has 0 amide bonds. The summed E-state index contributed by atoms with van der Waals surface area (Å²) in [5.74, 6) is 0.549. The number of aryl methyl sites for hydroxylation is 1. The van der Waals surface area contributed by atoms with Gasteiger partial charge >= 0.3 is 0 Å². The maximum Gasteiger partial charge on any atom is 0.123 e. The highest BCUT2D eigenvalue weighted by Crippen LogP contribution is 2.14. The summed E-state index contributed by atoms with van der Waals surface area (Å²) in [6.07, 6.45) is 4.24. The fourth-order valence-electron chi connectivity index (χ4n) is 2.04. The molecular formula is C17H26FN. The van der Waals surface area contributed by atoms with Gasteiger partial charge in [0, 0.05) is 0 Å². The van der Waals surface area contributed by atoms with Gasteiger partial charge in [0.15, 0.2) is 0 Å². The summed E-state index contributed by atoms with van der Waals surface area (Å²) in [5, 5.41) is 3.43. The molecule has 1 aromatic rings. The average Bonchev–Trinajstić information content (AvgIpc) is 2.32. The van der Waals surface area contributed by atoms with Gasteiger partial charge in [-0.15, -0.1) is 0 Å². The highest BCUT2D eigenvalue weighted by Gasteiger charge is 2.01. The Kier molecular flexibility index (Phi) is 6.79. The van der Waals surface area contributed by atoms with Crippen molar-refractivity contribution < 1.29 is 4.39 Å². The Balaban J connectivity index is 2.39. The predicted molar refractivity (Wildman–Crippen MR) is 80.9 cm³/mol. The van der Waals surface area contributed by atoms with E-state index in [-0.39, 0.29) is 5.82 Å². The predicted octanol–water partition coefficient (Wildman–Crippen LogP) is 4.26. The smallest absolute Gasteiger partial charge is 0.123 e. The lowest BCUT2D eigenvalue weighted by molar-refractivity contribution is 0.556. The van der Waals surface area contributed by atoms with Gasteiger partial charge in [-0.3, -0.25) is 0 Å². The Labute approximate surface area is 116 Å². The van der Waals surface area contributed by atoms with Gasteiger partial charge in [0.2, 0.25) is 0 Å². The van der Waals surface area contributed by atoms with E-state index in [0.29, 0.717) is 5.92 Å². The molecule has 1 nitrogen and oxygen atoms in total. The summed E-state index contributed by atoms with van der Waals surface area (Å²) >= 11 is 0. The van der Waals surface area contributed by atoms with Crippen LogP contribution in [0.3, 0.4) is 0 Å². The minimum absolute atomic E-state index is 0.152. The second kappa shape index (κ2) is 8.11. The molecule has 1 aromatic carbocycles. The molecule has 2 heteroatoms. The number of halogens is 1. The SMILES string of the molecule is C/C(=C/CCNCC(C)C)Cc1ccc(F)cc1C. The summed E-state index contributed by atoms with van der Waals surface area (Å²) in [5.41, 5.74) is 3.59. The molecule has 0 spiro atoms. The van der Waals surface area contributed by atoms with Crippen LogP contribution in [0.5, 0.6) is 0 Å². The molecule has 0 saturated carbocycles. The molecule has 0 aliphatic heterocycles. The first-order chi connectivity index (χ1) is 8.99. The highest BCUT2D eigenvalue weighted by atomic mass is 19.1. The summed E-state index contributed by atoms with van der Waals surface area (Å²) in [7, 11) is 0. The van der Waals surface area contributed by atoms with E-state index in [1.165, 1.54) is 11.1 Å². The fourth-order valence-corrected chi connectivity index (χ4v) is 2.04. The molecule has 0 aromatic heterocycles. The van der Waals surface area contributed by atoms with Gasteiger partial charge in [-0.2, -0.15) is 0 Å². The third-order valence-corrected chi connectivity index (χ3v) is 3.14. The number of rotatable bonds is 7. The van der Waals surface area contributed by atoms with Crippen molar-refractivity contribution in [2.24, 2.45) is 5.92 Å². The Morgan fingerprint density at radius 2 is 2.11 bits per heavy atom. The number of nitrogens with one attached hydrogen (secondary N) is 1. The van der Waals surface area contributed by atoms with Crippen molar-refractivity contribution in [3.63, 3.8) is 0 Å². The lowest BCUT2D eigenvalue weighted by atomic mass is 10.0. The number of hydrogen-bond acceptors (Lipinski definition) is 1. The van der Waals surface area contributed by atoms with Gasteiger partial charge in [-0.25, -0.2) is 4.39 Å². The fraction of sp³-hybridized carbons (Fsp3) is 0.529. The van der Waals surface area contributed by atoms with E-state index in [2.05, 4.69) is 32.2 Å². The first kappa shape index (κ1) is 15.9. The van der Waals surface area contributed by atoms with Crippen LogP contribution < -0.4 is 5.32 Å². The molecule has 0 unspecified atom stereocenters. The molecule has 19 heavy (non-hydrogen) atoms. The molecule has 1 rings (SSSR count). The quantitative estimate of drug-likeness (QED) is 0.572. The Hall–Kier alpha value is -1.15. The van der Waals surface area contributed by atoms with Crippen LogP contribution in [-0.2, 0) is 6.42 Å². The molecule has 0 heterocycles. The molecule has 106 valence electrons. The maximum absolute atomic E-state index is 13.0. The van der Waals surface area contributed by atoms with Crippen molar-refractivity contribution in [1.29, 1.82) is 0 Å². The van der Waals surface area contributed by atoms with Crippen molar-refractivity contribution in [2.75, 3.05) is 13.1 Å². The average molecular weight is 263 g/mol. The van der Waals surface area contributed by atoms with Crippen molar-refractivity contribution in [3.8, 4) is 0 Å². The highest BCUT2D eigenvalue weighted by molar-refractivity contribution is 5.30. The first-order valence-electron chi connectivity index (χ1n) is 7.10. The molecular weight excluding hydrogens is 237 g/mol. The summed E-state index contributed by atoms with van der Waals surface area (Å²) < 4.78 is 13.0. The normalized spacial score (nSPS) is 12.2. The van der Waals surface area contributed by atoms with Crippen molar-refractivity contribution >= 4 is 0 Å². The van der Waals surface area contributed by atoms with Crippen LogP contribution in [0.15, 0.2) is 29.8 Å². The second-order valence-corrected chi connectivity index (χ2v) is 5.68. The molecule has 0 aliphatic rings. The van der Waals surface area contributed by atoms with Crippen molar-refractivity contribution in [1.82, 2.24) is 5.32 Å². The Morgan fingerprint density at radius 1 is 1.37 bits per heavy atom. The number of hydrogen-bond donors (Lipinski definition) is 1. The van der Waals surface area contributed by atoms with Gasteiger partial charge in [-0.05, 0) is 69.0 Å². The van der Waals surface area contributed by atoms with Crippen LogP contribution in [0.25, 0.3) is 0 Å². The maximum atomic E-state index is 13.0. The largest absolute Gasteiger partial charge is 0.316 e. The van der Waals surface area contributed by atoms with Gasteiger partial charge in [0.1, 0.15) is 5.82 Å². The molecule has 0 radical (unpaired) electrons. The molecule has 0 bridgehead atoms. The van der Waals surface area contributed by atoms with Crippen LogP contribution in [-0.4, -0.2) is 13.1 Å². The molecule has 0 saturated heterocycles. The third kappa shape index (κ3) is 6.53. The van der Waals surface area contributed by atoms with E-state index in [0.717, 1.165) is 31.5 Å². The van der Waals surface area contributed by atoms with Gasteiger partial charge in [0.25, 0.3) is 0 Å². The van der Waals surface area contributed by atoms with Crippen molar-refractivity contribution in [3.05, 3.63) is 46.8 Å². The van der Waals surface area contributed by atoms with Crippen LogP contribution >= 0.6 is 0 Å². The van der Waals surface area contributed by atoms with Gasteiger partial charge in [0.05, 0.1) is 0 Å². The van der Waals surface area contributed by atoms with E-state index in [4.69, 9.17) is 0 Å². The zero-order valence-corrected chi connectivity index (χ0v) is 12.6. The van der Waals surface area contributed by atoms with E-state index < -0.39 is 0 Å². The van der Waals surface area contributed by atoms with Crippen LogP contribution in [0.2, 0.25) is 0 Å². The lowest BCUT2D eigenvalue weighted by Gasteiger charge is -2.08. The lowest BCUT2D eigenvalue weighted by Crippen LogP contribution is -2.20.